The lowest BCUT2D eigenvalue weighted by molar-refractivity contribution is -0.385. The summed E-state index contributed by atoms with van der Waals surface area (Å²) in [5.74, 6) is -1.20. The maximum atomic E-state index is 12.0. The van der Waals surface area contributed by atoms with Crippen LogP contribution in [0.3, 0.4) is 0 Å². The molecule has 0 aromatic heterocycles. The van der Waals surface area contributed by atoms with Crippen molar-refractivity contribution in [3.8, 4) is 11.5 Å². The fourth-order valence-electron chi connectivity index (χ4n) is 1.89. The molecule has 2 rings (SSSR count). The largest absolute Gasteiger partial charge is 0.454 e. The Morgan fingerprint density at radius 2 is 1.73 bits per heavy atom. The highest BCUT2D eigenvalue weighted by molar-refractivity contribution is 7.89. The monoisotopic (exact) mass is 438 g/mol. The van der Waals surface area contributed by atoms with Crippen molar-refractivity contribution in [1.29, 1.82) is 0 Å². The summed E-state index contributed by atoms with van der Waals surface area (Å²) >= 11 is 17.8. The van der Waals surface area contributed by atoms with Gasteiger partial charge in [0.05, 0.1) is 21.2 Å². The van der Waals surface area contributed by atoms with Crippen molar-refractivity contribution in [2.24, 2.45) is 0 Å². The van der Waals surface area contributed by atoms with Crippen LogP contribution >= 0.6 is 34.8 Å². The second kappa shape index (κ2) is 7.67. The molecule has 8 nitrogen and oxygen atoms in total. The van der Waals surface area contributed by atoms with Crippen LogP contribution in [0.5, 0.6) is 11.5 Å². The highest BCUT2D eigenvalue weighted by Gasteiger charge is 2.24. The first-order chi connectivity index (χ1) is 12.0. The molecule has 0 spiro atoms. The quantitative estimate of drug-likeness (QED) is 0.555. The number of nitro benzene ring substituents is 1. The summed E-state index contributed by atoms with van der Waals surface area (Å²) < 4.78 is 29.6. The van der Waals surface area contributed by atoms with Crippen molar-refractivity contribution in [2.75, 3.05) is 6.26 Å². The van der Waals surface area contributed by atoms with Gasteiger partial charge < -0.3 is 4.74 Å². The molecule has 1 N–H and O–H groups in total. The summed E-state index contributed by atoms with van der Waals surface area (Å²) in [5.41, 5.74) is -1.12. The summed E-state index contributed by atoms with van der Waals surface area (Å²) in [7, 11) is -3.92. The van der Waals surface area contributed by atoms with E-state index in [9.17, 15) is 23.3 Å². The number of nitro groups is 1. The number of ether oxygens (including phenoxy) is 1. The number of amides is 1. The summed E-state index contributed by atoms with van der Waals surface area (Å²) in [4.78, 5) is 22.3. The van der Waals surface area contributed by atoms with Crippen LogP contribution in [0.4, 0.5) is 5.69 Å². The Hall–Kier alpha value is -2.07. The van der Waals surface area contributed by atoms with Crippen molar-refractivity contribution in [3.63, 3.8) is 0 Å². The van der Waals surface area contributed by atoms with Crippen LogP contribution < -0.4 is 9.46 Å². The Morgan fingerprint density at radius 1 is 1.15 bits per heavy atom. The molecule has 0 fully saturated rings. The minimum Gasteiger partial charge on any atom is -0.454 e. The van der Waals surface area contributed by atoms with E-state index < -0.39 is 32.1 Å². The number of sulfonamides is 1. The molecule has 0 saturated carbocycles. The highest BCUT2D eigenvalue weighted by Crippen LogP contribution is 2.39. The third-order valence-electron chi connectivity index (χ3n) is 2.87. The molecule has 0 radical (unpaired) electrons. The number of rotatable bonds is 5. The lowest BCUT2D eigenvalue weighted by atomic mass is 10.1. The number of nitrogens with zero attached hydrogens (tertiary/aromatic N) is 1. The number of benzene rings is 2. The number of hydrogen-bond donors (Lipinski definition) is 1. The van der Waals surface area contributed by atoms with E-state index >= 15 is 0 Å². The van der Waals surface area contributed by atoms with Crippen LogP contribution in [0.25, 0.3) is 0 Å². The molecule has 26 heavy (non-hydrogen) atoms. The SMILES string of the molecule is CS(=O)(=O)NC(=O)c1cc(Oc2c(Cl)cc(Cl)cc2Cl)ccc1[N+](=O)[O-]. The molecule has 0 unspecified atom stereocenters. The second-order valence-electron chi connectivity index (χ2n) is 4.94. The van der Waals surface area contributed by atoms with Crippen molar-refractivity contribution in [1.82, 2.24) is 4.72 Å². The van der Waals surface area contributed by atoms with E-state index in [1.54, 1.807) is 4.72 Å². The van der Waals surface area contributed by atoms with E-state index in [1.807, 2.05) is 0 Å². The maximum absolute atomic E-state index is 12.0. The molecule has 0 heterocycles. The predicted molar refractivity (Wildman–Crippen MR) is 97.0 cm³/mol. The second-order valence-corrected chi connectivity index (χ2v) is 7.94. The minimum absolute atomic E-state index is 0.0149. The Labute approximate surface area is 162 Å². The average Bonchev–Trinajstić information content (AvgIpc) is 2.48. The third kappa shape index (κ3) is 4.98. The molecule has 0 aliphatic heterocycles. The van der Waals surface area contributed by atoms with Gasteiger partial charge in [0.15, 0.2) is 5.75 Å². The highest BCUT2D eigenvalue weighted by atomic mass is 35.5. The summed E-state index contributed by atoms with van der Waals surface area (Å²) in [6, 6.07) is 5.93. The van der Waals surface area contributed by atoms with Gasteiger partial charge in [-0.2, -0.15) is 0 Å². The molecule has 0 aliphatic carbocycles. The van der Waals surface area contributed by atoms with Gasteiger partial charge in [-0.1, -0.05) is 34.8 Å². The van der Waals surface area contributed by atoms with Gasteiger partial charge in [0, 0.05) is 17.2 Å². The summed E-state index contributed by atoms with van der Waals surface area (Å²) in [6.07, 6.45) is 0.740. The molecular weight excluding hydrogens is 431 g/mol. The molecule has 0 saturated heterocycles. The van der Waals surface area contributed by atoms with E-state index in [4.69, 9.17) is 39.5 Å². The Balaban J connectivity index is 2.48. The molecule has 2 aromatic rings. The first-order valence-corrected chi connectivity index (χ1v) is 9.63. The van der Waals surface area contributed by atoms with Crippen LogP contribution in [-0.4, -0.2) is 25.5 Å². The lowest BCUT2D eigenvalue weighted by Gasteiger charge is -2.11. The van der Waals surface area contributed by atoms with Gasteiger partial charge in [-0.15, -0.1) is 0 Å². The fraction of sp³-hybridized carbons (Fsp3) is 0.0714. The van der Waals surface area contributed by atoms with Gasteiger partial charge in [0.25, 0.3) is 11.6 Å². The van der Waals surface area contributed by atoms with E-state index in [0.29, 0.717) is 0 Å². The minimum atomic E-state index is -3.92. The van der Waals surface area contributed by atoms with Gasteiger partial charge in [0.1, 0.15) is 11.3 Å². The van der Waals surface area contributed by atoms with Crippen molar-refractivity contribution in [3.05, 3.63) is 61.1 Å². The zero-order chi connectivity index (χ0) is 19.6. The first kappa shape index (κ1) is 20.2. The zero-order valence-corrected chi connectivity index (χ0v) is 15.9. The van der Waals surface area contributed by atoms with Crippen molar-refractivity contribution >= 4 is 56.4 Å². The average molecular weight is 440 g/mol. The molecule has 0 aliphatic rings. The van der Waals surface area contributed by atoms with Crippen molar-refractivity contribution in [2.45, 2.75) is 0 Å². The summed E-state index contributed by atoms with van der Waals surface area (Å²) in [5, 5.41) is 11.5. The fourth-order valence-corrected chi connectivity index (χ4v) is 3.23. The van der Waals surface area contributed by atoms with E-state index in [1.165, 1.54) is 18.2 Å². The number of carbonyl (C=O) groups is 1. The Bertz CT molecular complexity index is 987. The standard InChI is InChI=1S/C14H9Cl3N2O6S/c1-26(23,24)18-14(20)9-6-8(2-3-12(9)19(21)22)25-13-10(16)4-7(15)5-11(13)17/h2-6H,1H3,(H,18,20). The van der Waals surface area contributed by atoms with E-state index in [-0.39, 0.29) is 26.6 Å². The van der Waals surface area contributed by atoms with Gasteiger partial charge >= 0.3 is 0 Å². The predicted octanol–water partition coefficient (Wildman–Crippen LogP) is 4.04. The smallest absolute Gasteiger partial charge is 0.282 e. The van der Waals surface area contributed by atoms with Crippen LogP contribution in [0.15, 0.2) is 30.3 Å². The third-order valence-corrected chi connectivity index (χ3v) is 4.21. The summed E-state index contributed by atoms with van der Waals surface area (Å²) in [6.45, 7) is 0. The van der Waals surface area contributed by atoms with Gasteiger partial charge in [-0.3, -0.25) is 14.9 Å². The van der Waals surface area contributed by atoms with Crippen LogP contribution in [0, 0.1) is 10.1 Å². The van der Waals surface area contributed by atoms with Crippen LogP contribution in [0.2, 0.25) is 15.1 Å². The topological polar surface area (TPSA) is 116 Å². The van der Waals surface area contributed by atoms with Gasteiger partial charge in [-0.25, -0.2) is 13.1 Å². The maximum Gasteiger partial charge on any atom is 0.282 e. The number of hydrogen-bond acceptors (Lipinski definition) is 6. The number of carbonyl (C=O) groups excluding carboxylic acids is 1. The van der Waals surface area contributed by atoms with Gasteiger partial charge in [0.2, 0.25) is 10.0 Å². The van der Waals surface area contributed by atoms with Gasteiger partial charge in [-0.05, 0) is 18.2 Å². The number of halogens is 3. The molecule has 12 heteroatoms. The van der Waals surface area contributed by atoms with Crippen LogP contribution in [0.1, 0.15) is 10.4 Å². The van der Waals surface area contributed by atoms with Crippen molar-refractivity contribution < 1.29 is 22.9 Å². The lowest BCUT2D eigenvalue weighted by Crippen LogP contribution is -2.29. The Morgan fingerprint density at radius 3 is 2.23 bits per heavy atom. The number of nitrogens with one attached hydrogen (secondary N) is 1. The molecular formula is C14H9Cl3N2O6S. The van der Waals surface area contributed by atoms with E-state index in [0.717, 1.165) is 18.4 Å². The molecule has 2 aromatic carbocycles. The molecule has 0 bridgehead atoms. The molecule has 1 amide bonds. The molecule has 138 valence electrons. The van der Waals surface area contributed by atoms with E-state index in [2.05, 4.69) is 0 Å². The zero-order valence-electron chi connectivity index (χ0n) is 12.8. The first-order valence-electron chi connectivity index (χ1n) is 6.61. The molecule has 0 atom stereocenters. The van der Waals surface area contributed by atoms with Crippen LogP contribution in [-0.2, 0) is 10.0 Å². The Kier molecular flexibility index (Phi) is 5.97. The normalized spacial score (nSPS) is 11.1.